The van der Waals surface area contributed by atoms with Gasteiger partial charge in [0.1, 0.15) is 0 Å². The zero-order valence-electron chi connectivity index (χ0n) is 20.7. The molecule has 188 valence electrons. The number of alkyl halides is 2. The third kappa shape index (κ3) is 6.74. The summed E-state index contributed by atoms with van der Waals surface area (Å²) in [7, 11) is 5.48. The van der Waals surface area contributed by atoms with Gasteiger partial charge in [0.05, 0.1) is 22.9 Å². The first-order chi connectivity index (χ1) is 16.8. The van der Waals surface area contributed by atoms with Crippen LogP contribution in [-0.4, -0.2) is 44.5 Å². The molecule has 1 atom stereocenters. The van der Waals surface area contributed by atoms with Crippen molar-refractivity contribution in [1.82, 2.24) is 10.3 Å². The largest absolute Gasteiger partial charge is 0.376 e. The zero-order valence-corrected chi connectivity index (χ0v) is 20.7. The third-order valence-electron chi connectivity index (χ3n) is 6.31. The molecule has 8 heteroatoms. The number of aromatic nitrogens is 1. The number of anilines is 2. The van der Waals surface area contributed by atoms with Crippen LogP contribution in [0.4, 0.5) is 20.2 Å². The number of nitrogens with two attached hydrogens (primary N) is 1. The van der Waals surface area contributed by atoms with Crippen molar-refractivity contribution in [3.8, 4) is 0 Å². The number of benzene rings is 2. The topological polar surface area (TPSA) is 74.5 Å². The van der Waals surface area contributed by atoms with E-state index < -0.39 is 12.0 Å². The first kappa shape index (κ1) is 26.5. The van der Waals surface area contributed by atoms with E-state index in [4.69, 9.17) is 5.73 Å². The van der Waals surface area contributed by atoms with Gasteiger partial charge in [-0.05, 0) is 42.2 Å². The number of hydrogen-bond acceptors (Lipinski definition) is 5. The van der Waals surface area contributed by atoms with Gasteiger partial charge in [-0.2, -0.15) is 0 Å². The van der Waals surface area contributed by atoms with Crippen molar-refractivity contribution in [2.24, 2.45) is 5.73 Å². The van der Waals surface area contributed by atoms with Gasteiger partial charge in [-0.1, -0.05) is 36.8 Å². The monoisotopic (exact) mass is 483 g/mol. The van der Waals surface area contributed by atoms with E-state index in [1.807, 2.05) is 67.5 Å². The van der Waals surface area contributed by atoms with E-state index >= 15 is 0 Å². The smallest absolute Gasteiger partial charge is 0.263 e. The lowest BCUT2D eigenvalue weighted by Crippen LogP contribution is -2.46. The van der Waals surface area contributed by atoms with Crippen molar-refractivity contribution < 1.29 is 13.6 Å². The molecular weight excluding hydrogens is 448 g/mol. The summed E-state index contributed by atoms with van der Waals surface area (Å²) in [5.41, 5.74) is 10.3. The second-order valence-corrected chi connectivity index (χ2v) is 9.07. The molecule has 6 nitrogen and oxygen atoms in total. The number of amides is 1. The number of carbonyl (C=O) groups is 1. The van der Waals surface area contributed by atoms with E-state index in [0.717, 1.165) is 46.2 Å². The lowest BCUT2D eigenvalue weighted by molar-refractivity contribution is -0.107. The Morgan fingerprint density at radius 2 is 1.89 bits per heavy atom. The fourth-order valence-electron chi connectivity index (χ4n) is 4.32. The predicted octanol–water partition coefficient (Wildman–Crippen LogP) is 4.71. The number of carbonyl (C=O) groups excluding carboxylic acids is 1. The number of para-hydroxylation sites is 1. The number of pyridine rings is 1. The Balaban J connectivity index is 0.000000237. The Kier molecular flexibility index (Phi) is 9.12. The third-order valence-corrected chi connectivity index (χ3v) is 6.31. The highest BCUT2D eigenvalue weighted by molar-refractivity contribution is 5.83. The van der Waals surface area contributed by atoms with Gasteiger partial charge in [-0.25, -0.2) is 8.78 Å². The summed E-state index contributed by atoms with van der Waals surface area (Å²) < 4.78 is 27.8. The predicted molar refractivity (Wildman–Crippen MR) is 139 cm³/mol. The van der Waals surface area contributed by atoms with E-state index in [0.29, 0.717) is 25.9 Å². The van der Waals surface area contributed by atoms with Gasteiger partial charge in [-0.15, -0.1) is 0 Å². The lowest BCUT2D eigenvalue weighted by atomic mass is 9.91. The van der Waals surface area contributed by atoms with Crippen molar-refractivity contribution in [3.63, 3.8) is 0 Å². The number of halogens is 2. The standard InChI is InChI=1S/C17H25F2N3O.C10H10N2/c1-21(2)14-8-7-13(10-15(14)22(3)12-23)11-20-16-6-4-5-9-17(16,18)19;11-7-9-4-1-3-8-5-2-6-12-10(8)9/h7-8,10,12,16,20H,4-6,9,11H2,1-3H3;1-6H,7,11H2. The first-order valence-corrected chi connectivity index (χ1v) is 11.9. The second kappa shape index (κ2) is 12.0. The fraction of sp³-hybridized carbons (Fsp3) is 0.407. The van der Waals surface area contributed by atoms with Crippen LogP contribution in [0.15, 0.2) is 54.7 Å². The minimum atomic E-state index is -2.63. The molecule has 1 saturated carbocycles. The molecule has 1 aromatic heterocycles. The summed E-state index contributed by atoms with van der Waals surface area (Å²) in [4.78, 5) is 18.8. The van der Waals surface area contributed by atoms with Crippen LogP contribution in [0.3, 0.4) is 0 Å². The van der Waals surface area contributed by atoms with Gasteiger partial charge in [0.2, 0.25) is 6.41 Å². The molecule has 0 radical (unpaired) electrons. The molecule has 0 aliphatic heterocycles. The molecule has 1 aliphatic carbocycles. The van der Waals surface area contributed by atoms with E-state index in [-0.39, 0.29) is 6.42 Å². The van der Waals surface area contributed by atoms with Crippen LogP contribution < -0.4 is 20.9 Å². The first-order valence-electron chi connectivity index (χ1n) is 11.9. The average Bonchev–Trinajstić information content (AvgIpc) is 2.87. The van der Waals surface area contributed by atoms with E-state index in [1.165, 1.54) is 4.90 Å². The lowest BCUT2D eigenvalue weighted by Gasteiger charge is -2.32. The van der Waals surface area contributed by atoms with Gasteiger partial charge >= 0.3 is 0 Å². The van der Waals surface area contributed by atoms with E-state index in [1.54, 1.807) is 13.2 Å². The van der Waals surface area contributed by atoms with Crippen molar-refractivity contribution in [2.45, 2.75) is 50.7 Å². The van der Waals surface area contributed by atoms with Crippen LogP contribution >= 0.6 is 0 Å². The number of fused-ring (bicyclic) bond motifs is 1. The van der Waals surface area contributed by atoms with E-state index in [9.17, 15) is 13.6 Å². The minimum absolute atomic E-state index is 0.0383. The molecule has 1 unspecified atom stereocenters. The summed E-state index contributed by atoms with van der Waals surface area (Å²) in [6.45, 7) is 0.919. The number of hydrogen-bond donors (Lipinski definition) is 2. The SMILES string of the molecule is CN(C)c1ccc(CNC2CCCCC2(F)F)cc1N(C)C=O.NCc1cccc2cccnc12. The molecule has 1 fully saturated rings. The molecule has 3 N–H and O–H groups in total. The van der Waals surface area contributed by atoms with Crippen molar-refractivity contribution in [1.29, 1.82) is 0 Å². The van der Waals surface area contributed by atoms with Crippen molar-refractivity contribution in [2.75, 3.05) is 30.9 Å². The van der Waals surface area contributed by atoms with Gasteiger partial charge in [0.15, 0.2) is 0 Å². The molecule has 3 aromatic rings. The number of nitrogens with zero attached hydrogens (tertiary/aromatic N) is 3. The van der Waals surface area contributed by atoms with Crippen LogP contribution in [0.1, 0.15) is 36.8 Å². The summed E-state index contributed by atoms with van der Waals surface area (Å²) in [5.74, 6) is -2.63. The molecule has 35 heavy (non-hydrogen) atoms. The molecule has 0 saturated heterocycles. The Labute approximate surface area is 206 Å². The summed E-state index contributed by atoms with van der Waals surface area (Å²) in [6, 6.07) is 15.0. The maximum atomic E-state index is 13.9. The average molecular weight is 484 g/mol. The van der Waals surface area contributed by atoms with Crippen molar-refractivity contribution in [3.05, 3.63) is 65.9 Å². The Morgan fingerprint density at radius 1 is 1.11 bits per heavy atom. The van der Waals surface area contributed by atoms with E-state index in [2.05, 4.69) is 10.3 Å². The highest BCUT2D eigenvalue weighted by Crippen LogP contribution is 2.34. The summed E-state index contributed by atoms with van der Waals surface area (Å²) in [5, 5.41) is 4.14. The molecule has 1 heterocycles. The van der Waals surface area contributed by atoms with Gasteiger partial charge in [-0.3, -0.25) is 9.78 Å². The quantitative estimate of drug-likeness (QED) is 0.476. The summed E-state index contributed by atoms with van der Waals surface area (Å²) >= 11 is 0. The van der Waals surface area contributed by atoms with Gasteiger partial charge in [0.25, 0.3) is 5.92 Å². The highest BCUT2D eigenvalue weighted by atomic mass is 19.3. The summed E-state index contributed by atoms with van der Waals surface area (Å²) in [6.07, 6.45) is 4.44. The highest BCUT2D eigenvalue weighted by Gasteiger charge is 2.40. The Morgan fingerprint density at radius 3 is 2.57 bits per heavy atom. The second-order valence-electron chi connectivity index (χ2n) is 9.07. The van der Waals surface area contributed by atoms with Crippen LogP contribution in [0.2, 0.25) is 0 Å². The molecule has 2 aromatic carbocycles. The Bertz CT molecular complexity index is 1120. The molecule has 1 amide bonds. The minimum Gasteiger partial charge on any atom is -0.376 e. The maximum Gasteiger partial charge on any atom is 0.263 e. The molecule has 0 bridgehead atoms. The van der Waals surface area contributed by atoms with Crippen LogP contribution in [0, 0.1) is 0 Å². The maximum absolute atomic E-state index is 13.9. The van der Waals surface area contributed by atoms with Crippen LogP contribution in [0.25, 0.3) is 10.9 Å². The zero-order chi connectivity index (χ0) is 25.4. The van der Waals surface area contributed by atoms with Crippen LogP contribution in [0.5, 0.6) is 0 Å². The molecule has 0 spiro atoms. The van der Waals surface area contributed by atoms with Crippen LogP contribution in [-0.2, 0) is 17.9 Å². The Hall–Kier alpha value is -3.10. The molecule has 4 rings (SSSR count). The number of nitrogens with one attached hydrogen (secondary N) is 1. The van der Waals surface area contributed by atoms with Gasteiger partial charge < -0.3 is 20.9 Å². The van der Waals surface area contributed by atoms with Crippen molar-refractivity contribution >= 4 is 28.7 Å². The fourth-order valence-corrected chi connectivity index (χ4v) is 4.32. The number of rotatable bonds is 7. The normalized spacial score (nSPS) is 16.8. The molecule has 1 aliphatic rings. The van der Waals surface area contributed by atoms with Gasteiger partial charge in [0, 0.05) is 52.2 Å². The molecular formula is C27H35F2N5O.